The lowest BCUT2D eigenvalue weighted by atomic mass is 9.96. The van der Waals surface area contributed by atoms with Crippen LogP contribution in [0.5, 0.6) is 0 Å². The van der Waals surface area contributed by atoms with Crippen molar-refractivity contribution in [3.05, 3.63) is 65.2 Å². The lowest BCUT2D eigenvalue weighted by Gasteiger charge is -2.32. The molecule has 5 nitrogen and oxygen atoms in total. The van der Waals surface area contributed by atoms with Crippen molar-refractivity contribution in [3.8, 4) is 0 Å². The number of aromatic carboxylic acids is 1. The maximum atomic E-state index is 12.8. The number of hydrogen-bond donors (Lipinski definition) is 1. The summed E-state index contributed by atoms with van der Waals surface area (Å²) in [5.41, 5.74) is 2.69. The lowest BCUT2D eigenvalue weighted by Crippen LogP contribution is -2.42. The summed E-state index contributed by atoms with van der Waals surface area (Å²) in [7, 11) is 0. The molecule has 1 atom stereocenters. The Kier molecular flexibility index (Phi) is 5.14. The molecule has 0 spiro atoms. The first-order valence-electron chi connectivity index (χ1n) is 8.40. The van der Waals surface area contributed by atoms with Crippen molar-refractivity contribution < 1.29 is 19.4 Å². The maximum Gasteiger partial charge on any atom is 0.336 e. The van der Waals surface area contributed by atoms with Gasteiger partial charge >= 0.3 is 5.97 Å². The fraction of sp³-hybridized carbons (Fsp3) is 0.300. The van der Waals surface area contributed by atoms with Crippen molar-refractivity contribution in [3.63, 3.8) is 0 Å². The Morgan fingerprint density at radius 2 is 1.92 bits per heavy atom. The average molecular weight is 339 g/mol. The number of carboxylic acid groups (broad SMARTS) is 1. The van der Waals surface area contributed by atoms with Crippen LogP contribution in [0, 0.1) is 0 Å². The number of hydrogen-bond acceptors (Lipinski definition) is 3. The van der Waals surface area contributed by atoms with Gasteiger partial charge in [0.05, 0.1) is 12.2 Å². The van der Waals surface area contributed by atoms with Crippen molar-refractivity contribution in [2.45, 2.75) is 32.5 Å². The molecule has 1 unspecified atom stereocenters. The minimum Gasteiger partial charge on any atom is -0.478 e. The van der Waals surface area contributed by atoms with Crippen molar-refractivity contribution in [1.29, 1.82) is 0 Å². The number of rotatable bonds is 5. The lowest BCUT2D eigenvalue weighted by molar-refractivity contribution is -0.129. The third-order valence-corrected chi connectivity index (χ3v) is 4.44. The Labute approximate surface area is 146 Å². The van der Waals surface area contributed by atoms with Gasteiger partial charge in [0.1, 0.15) is 6.10 Å². The first kappa shape index (κ1) is 17.2. The van der Waals surface area contributed by atoms with Crippen LogP contribution < -0.4 is 4.90 Å². The first-order chi connectivity index (χ1) is 12.1. The molecule has 1 heterocycles. The van der Waals surface area contributed by atoms with Crippen molar-refractivity contribution in [2.75, 3.05) is 11.4 Å². The van der Waals surface area contributed by atoms with Gasteiger partial charge in [-0.25, -0.2) is 4.79 Å². The Balaban J connectivity index is 1.75. The van der Waals surface area contributed by atoms with E-state index >= 15 is 0 Å². The van der Waals surface area contributed by atoms with Crippen LogP contribution in [0.1, 0.15) is 34.8 Å². The Hall–Kier alpha value is -2.66. The van der Waals surface area contributed by atoms with Gasteiger partial charge in [0.15, 0.2) is 0 Å². The van der Waals surface area contributed by atoms with Gasteiger partial charge in [-0.15, -0.1) is 0 Å². The molecule has 5 heteroatoms. The molecule has 0 radical (unpaired) electrons. The van der Waals surface area contributed by atoms with Gasteiger partial charge in [-0.2, -0.15) is 0 Å². The predicted octanol–water partition coefficient (Wildman–Crippen LogP) is 3.27. The molecule has 0 saturated carbocycles. The van der Waals surface area contributed by atoms with E-state index in [0.717, 1.165) is 17.5 Å². The molecular formula is C20H21NO4. The summed E-state index contributed by atoms with van der Waals surface area (Å²) in [5, 5.41) is 9.36. The monoisotopic (exact) mass is 339 g/mol. The molecule has 130 valence electrons. The van der Waals surface area contributed by atoms with Crippen LogP contribution in [0.25, 0.3) is 0 Å². The predicted molar refractivity (Wildman–Crippen MR) is 94.8 cm³/mol. The van der Waals surface area contributed by atoms with Crippen LogP contribution in [0.4, 0.5) is 5.69 Å². The van der Waals surface area contributed by atoms with Crippen LogP contribution in [-0.4, -0.2) is 29.6 Å². The molecule has 2 aromatic rings. The van der Waals surface area contributed by atoms with Crippen molar-refractivity contribution >= 4 is 17.6 Å². The summed E-state index contributed by atoms with van der Waals surface area (Å²) >= 11 is 0. The van der Waals surface area contributed by atoms with E-state index < -0.39 is 12.1 Å². The number of nitrogens with zero attached hydrogens (tertiary/aromatic N) is 1. The Morgan fingerprint density at radius 1 is 1.16 bits per heavy atom. The number of carbonyl (C=O) groups is 2. The molecule has 0 saturated heterocycles. The highest BCUT2D eigenvalue weighted by Crippen LogP contribution is 2.30. The van der Waals surface area contributed by atoms with Crippen LogP contribution in [0.3, 0.4) is 0 Å². The fourth-order valence-electron chi connectivity index (χ4n) is 3.14. The second-order valence-corrected chi connectivity index (χ2v) is 6.14. The summed E-state index contributed by atoms with van der Waals surface area (Å²) in [6.45, 7) is 2.68. The highest BCUT2D eigenvalue weighted by atomic mass is 16.5. The van der Waals surface area contributed by atoms with Gasteiger partial charge in [0.2, 0.25) is 0 Å². The van der Waals surface area contributed by atoms with Crippen LogP contribution in [0.15, 0.2) is 48.5 Å². The molecule has 0 fully saturated rings. The molecule has 3 rings (SSSR count). The second kappa shape index (κ2) is 7.49. The number of ether oxygens (including phenoxy) is 1. The Bertz CT molecular complexity index is 773. The zero-order chi connectivity index (χ0) is 17.8. The van der Waals surface area contributed by atoms with E-state index in [9.17, 15) is 14.7 Å². The number of fused-ring (bicyclic) bond motifs is 1. The third kappa shape index (κ3) is 3.72. The highest BCUT2D eigenvalue weighted by molar-refractivity contribution is 6.00. The molecule has 25 heavy (non-hydrogen) atoms. The molecule has 0 aromatic heterocycles. The van der Waals surface area contributed by atoms with E-state index in [4.69, 9.17) is 4.74 Å². The third-order valence-electron chi connectivity index (χ3n) is 4.44. The number of benzene rings is 2. The molecular weight excluding hydrogens is 318 g/mol. The average Bonchev–Trinajstić information content (AvgIpc) is 2.65. The molecule has 1 N–H and O–H groups in total. The molecule has 1 amide bonds. The summed E-state index contributed by atoms with van der Waals surface area (Å²) in [6, 6.07) is 14.8. The Morgan fingerprint density at radius 3 is 2.64 bits per heavy atom. The van der Waals surface area contributed by atoms with Gasteiger partial charge in [0.25, 0.3) is 5.91 Å². The van der Waals surface area contributed by atoms with E-state index in [1.165, 1.54) is 0 Å². The van der Waals surface area contributed by atoms with E-state index in [1.807, 2.05) is 36.4 Å². The van der Waals surface area contributed by atoms with E-state index in [0.29, 0.717) is 25.3 Å². The largest absolute Gasteiger partial charge is 0.478 e. The number of carbonyl (C=O) groups excluding carboxylic acids is 1. The summed E-state index contributed by atoms with van der Waals surface area (Å²) in [5.74, 6) is -1.10. The zero-order valence-electron chi connectivity index (χ0n) is 14.1. The van der Waals surface area contributed by atoms with E-state index in [-0.39, 0.29) is 11.5 Å². The molecule has 1 aliphatic rings. The smallest absolute Gasteiger partial charge is 0.336 e. The normalized spacial score (nSPS) is 14.7. The van der Waals surface area contributed by atoms with Crippen molar-refractivity contribution in [1.82, 2.24) is 0 Å². The summed E-state index contributed by atoms with van der Waals surface area (Å²) < 4.78 is 5.73. The minimum atomic E-state index is -0.959. The van der Waals surface area contributed by atoms with Crippen molar-refractivity contribution in [2.24, 2.45) is 0 Å². The van der Waals surface area contributed by atoms with Gasteiger partial charge in [-0.05, 0) is 43.0 Å². The van der Waals surface area contributed by atoms with Gasteiger partial charge in [0, 0.05) is 12.2 Å². The zero-order valence-corrected chi connectivity index (χ0v) is 14.1. The highest BCUT2D eigenvalue weighted by Gasteiger charge is 2.29. The summed E-state index contributed by atoms with van der Waals surface area (Å²) in [6.07, 6.45) is 0.814. The second-order valence-electron chi connectivity index (χ2n) is 6.14. The van der Waals surface area contributed by atoms with E-state index in [2.05, 4.69) is 0 Å². The molecule has 0 bridgehead atoms. The maximum absolute atomic E-state index is 12.8. The van der Waals surface area contributed by atoms with Gasteiger partial charge in [-0.1, -0.05) is 36.4 Å². The number of amides is 1. The number of anilines is 1. The topological polar surface area (TPSA) is 66.8 Å². The first-order valence-corrected chi connectivity index (χ1v) is 8.40. The fourth-order valence-corrected chi connectivity index (χ4v) is 3.14. The van der Waals surface area contributed by atoms with Gasteiger partial charge in [-0.3, -0.25) is 4.79 Å². The van der Waals surface area contributed by atoms with Gasteiger partial charge < -0.3 is 14.7 Å². The quantitative estimate of drug-likeness (QED) is 0.908. The van der Waals surface area contributed by atoms with Crippen LogP contribution >= 0.6 is 0 Å². The molecule has 0 aliphatic carbocycles. The minimum absolute atomic E-state index is 0.139. The van der Waals surface area contributed by atoms with Crippen LogP contribution in [0.2, 0.25) is 0 Å². The molecule has 2 aromatic carbocycles. The standard InChI is InChI=1S/C20H21NO4/c1-14(25-13-15-7-3-2-4-8-15)19(22)21-12-6-10-16-17(20(23)24)9-5-11-18(16)21/h2-5,7-9,11,14H,6,10,12-13H2,1H3,(H,23,24). The van der Waals surface area contributed by atoms with E-state index in [1.54, 1.807) is 24.0 Å². The summed E-state index contributed by atoms with van der Waals surface area (Å²) in [4.78, 5) is 25.9. The molecule has 1 aliphatic heterocycles. The van der Waals surface area contributed by atoms with Crippen LogP contribution in [-0.2, 0) is 22.6 Å². The number of carboxylic acids is 1. The SMILES string of the molecule is CC(OCc1ccccc1)C(=O)N1CCCc2c(C(=O)O)cccc21.